The first-order valence-corrected chi connectivity index (χ1v) is 13.2. The summed E-state index contributed by atoms with van der Waals surface area (Å²) >= 11 is 2.41. The summed E-state index contributed by atoms with van der Waals surface area (Å²) in [5, 5.41) is 0. The molecule has 0 fully saturated rings. The van der Waals surface area contributed by atoms with Crippen molar-refractivity contribution in [2.45, 2.75) is 122 Å². The van der Waals surface area contributed by atoms with Crippen molar-refractivity contribution < 1.29 is 9.53 Å². The Kier molecular flexibility index (Phi) is 23.9. The number of halogens is 1. The lowest BCUT2D eigenvalue weighted by molar-refractivity contribution is -0.143. The van der Waals surface area contributed by atoms with E-state index in [1.807, 2.05) is 0 Å². The third-order valence-corrected chi connectivity index (χ3v) is 5.70. The van der Waals surface area contributed by atoms with Gasteiger partial charge in [0.2, 0.25) is 0 Å². The second-order valence-corrected chi connectivity index (χ2v) is 8.74. The summed E-state index contributed by atoms with van der Waals surface area (Å²) in [5.74, 6) is 0.00141. The van der Waals surface area contributed by atoms with Crippen LogP contribution >= 0.6 is 22.6 Å². The third-order valence-electron chi connectivity index (χ3n) is 4.93. The average Bonchev–Trinajstić information content (AvgIpc) is 2.67. The van der Waals surface area contributed by atoms with Gasteiger partial charge in [-0.3, -0.25) is 4.79 Å². The van der Waals surface area contributed by atoms with Crippen LogP contribution in [0.1, 0.15) is 122 Å². The van der Waals surface area contributed by atoms with Gasteiger partial charge in [0.1, 0.15) is 0 Å². The van der Waals surface area contributed by atoms with Crippen LogP contribution in [0.4, 0.5) is 0 Å². The predicted octanol–water partition coefficient (Wildman–Crippen LogP) is 8.56. The Balaban J connectivity index is 3.19. The van der Waals surface area contributed by atoms with Gasteiger partial charge in [0.05, 0.1) is 6.61 Å². The van der Waals surface area contributed by atoms with E-state index in [0.717, 1.165) is 19.3 Å². The number of rotatable bonds is 21. The van der Waals surface area contributed by atoms with Crippen LogP contribution in [0.25, 0.3) is 0 Å². The van der Waals surface area contributed by atoms with Gasteiger partial charge in [0.25, 0.3) is 0 Å². The Bertz CT molecular complexity index is 328. The molecule has 0 rings (SSSR count). The molecule has 0 aromatic carbocycles. The van der Waals surface area contributed by atoms with Gasteiger partial charge >= 0.3 is 5.97 Å². The molecule has 3 heteroatoms. The summed E-state index contributed by atoms with van der Waals surface area (Å²) in [7, 11) is 0. The molecule has 0 radical (unpaired) electrons. The smallest absolute Gasteiger partial charge is 0.305 e. The van der Waals surface area contributed by atoms with Crippen LogP contribution in [0.15, 0.2) is 12.2 Å². The van der Waals surface area contributed by atoms with Crippen LogP contribution < -0.4 is 0 Å². The van der Waals surface area contributed by atoms with Crippen LogP contribution in [0.3, 0.4) is 0 Å². The Morgan fingerprint density at radius 2 is 1.22 bits per heavy atom. The zero-order valence-corrected chi connectivity index (χ0v) is 20.1. The lowest BCUT2D eigenvalue weighted by Gasteiger charge is -2.04. The van der Waals surface area contributed by atoms with Gasteiger partial charge in [-0.15, -0.1) is 0 Å². The fraction of sp³-hybridized carbons (Fsp3) is 0.875. The number of esters is 1. The quantitative estimate of drug-likeness (QED) is 0.0527. The maximum atomic E-state index is 11.6. The van der Waals surface area contributed by atoms with E-state index in [0.29, 0.717) is 13.0 Å². The van der Waals surface area contributed by atoms with Crippen molar-refractivity contribution in [2.24, 2.45) is 0 Å². The van der Waals surface area contributed by atoms with Gasteiger partial charge < -0.3 is 4.74 Å². The number of carbonyl (C=O) groups excluding carboxylic acids is 1. The second kappa shape index (κ2) is 24.0. The fourth-order valence-electron chi connectivity index (χ4n) is 3.15. The molecule has 0 saturated heterocycles. The summed E-state index contributed by atoms with van der Waals surface area (Å²) in [6, 6.07) is 0. The second-order valence-electron chi connectivity index (χ2n) is 7.66. The molecule has 0 spiro atoms. The lowest BCUT2D eigenvalue weighted by Crippen LogP contribution is -2.05. The van der Waals surface area contributed by atoms with Gasteiger partial charge in [0, 0.05) is 6.42 Å². The molecule has 0 heterocycles. The van der Waals surface area contributed by atoms with E-state index in [9.17, 15) is 4.79 Å². The predicted molar refractivity (Wildman–Crippen MR) is 128 cm³/mol. The number of ether oxygens (including phenoxy) is 1. The SMILES string of the molecule is CCCCCCCC/C=C\CCCCCCCC(=O)OCCCCCCI. The normalized spacial score (nSPS) is 11.3. The van der Waals surface area contributed by atoms with E-state index in [2.05, 4.69) is 41.7 Å². The molecule has 0 N–H and O–H groups in total. The molecule has 0 atom stereocenters. The number of hydrogen-bond donors (Lipinski definition) is 0. The summed E-state index contributed by atoms with van der Waals surface area (Å²) in [6.07, 6.45) is 26.8. The van der Waals surface area contributed by atoms with Crippen LogP contribution in [-0.2, 0) is 9.53 Å². The molecule has 0 aromatic rings. The highest BCUT2D eigenvalue weighted by molar-refractivity contribution is 14.1. The van der Waals surface area contributed by atoms with Gasteiger partial charge in [-0.2, -0.15) is 0 Å². The van der Waals surface area contributed by atoms with Crippen LogP contribution in [-0.4, -0.2) is 17.0 Å². The highest BCUT2D eigenvalue weighted by Gasteiger charge is 2.02. The van der Waals surface area contributed by atoms with Crippen molar-refractivity contribution in [1.82, 2.24) is 0 Å². The Morgan fingerprint density at radius 3 is 1.85 bits per heavy atom. The minimum atomic E-state index is 0.00141. The first-order valence-electron chi connectivity index (χ1n) is 11.7. The lowest BCUT2D eigenvalue weighted by atomic mass is 10.1. The van der Waals surface area contributed by atoms with E-state index in [1.54, 1.807) is 0 Å². The zero-order valence-electron chi connectivity index (χ0n) is 18.0. The average molecular weight is 493 g/mol. The van der Waals surface area contributed by atoms with Crippen molar-refractivity contribution in [3.8, 4) is 0 Å². The first kappa shape index (κ1) is 26.9. The van der Waals surface area contributed by atoms with E-state index in [-0.39, 0.29) is 5.97 Å². The van der Waals surface area contributed by atoms with E-state index in [1.165, 1.54) is 94.3 Å². The maximum absolute atomic E-state index is 11.6. The molecule has 0 aliphatic heterocycles. The number of carbonyl (C=O) groups is 1. The van der Waals surface area contributed by atoms with Crippen LogP contribution in [0.2, 0.25) is 0 Å². The molecular formula is C24H45IO2. The Hall–Kier alpha value is -0.0600. The van der Waals surface area contributed by atoms with Gasteiger partial charge in [0.15, 0.2) is 0 Å². The largest absolute Gasteiger partial charge is 0.466 e. The molecule has 27 heavy (non-hydrogen) atoms. The Labute approximate surface area is 183 Å². The molecule has 0 saturated carbocycles. The first-order chi connectivity index (χ1) is 13.3. The number of unbranched alkanes of at least 4 members (excludes halogenated alkanes) is 14. The van der Waals surface area contributed by atoms with E-state index in [4.69, 9.17) is 4.74 Å². The highest BCUT2D eigenvalue weighted by Crippen LogP contribution is 2.10. The molecule has 2 nitrogen and oxygen atoms in total. The summed E-state index contributed by atoms with van der Waals surface area (Å²) in [4.78, 5) is 11.6. The molecule has 0 aliphatic carbocycles. The maximum Gasteiger partial charge on any atom is 0.305 e. The minimum Gasteiger partial charge on any atom is -0.466 e. The summed E-state index contributed by atoms with van der Waals surface area (Å²) in [6.45, 7) is 2.89. The van der Waals surface area contributed by atoms with E-state index < -0.39 is 0 Å². The van der Waals surface area contributed by atoms with Crippen LogP contribution in [0, 0.1) is 0 Å². The van der Waals surface area contributed by atoms with Gasteiger partial charge in [-0.25, -0.2) is 0 Å². The zero-order chi connectivity index (χ0) is 19.8. The van der Waals surface area contributed by atoms with Crippen LogP contribution in [0.5, 0.6) is 0 Å². The number of alkyl halides is 1. The van der Waals surface area contributed by atoms with Crippen molar-refractivity contribution in [2.75, 3.05) is 11.0 Å². The summed E-state index contributed by atoms with van der Waals surface area (Å²) < 4.78 is 6.52. The molecule has 0 aliphatic rings. The summed E-state index contributed by atoms with van der Waals surface area (Å²) in [5.41, 5.74) is 0. The molecular weight excluding hydrogens is 447 g/mol. The molecule has 160 valence electrons. The van der Waals surface area contributed by atoms with Crippen molar-refractivity contribution >= 4 is 28.6 Å². The van der Waals surface area contributed by atoms with Crippen molar-refractivity contribution in [3.63, 3.8) is 0 Å². The molecule has 0 unspecified atom stereocenters. The van der Waals surface area contributed by atoms with Gasteiger partial charge in [-0.05, 0) is 49.4 Å². The minimum absolute atomic E-state index is 0.00141. The number of allylic oxidation sites excluding steroid dienone is 2. The molecule has 0 bridgehead atoms. The van der Waals surface area contributed by atoms with Crippen molar-refractivity contribution in [3.05, 3.63) is 12.2 Å². The Morgan fingerprint density at radius 1 is 0.704 bits per heavy atom. The third kappa shape index (κ3) is 23.9. The highest BCUT2D eigenvalue weighted by atomic mass is 127. The van der Waals surface area contributed by atoms with Gasteiger partial charge in [-0.1, -0.05) is 106 Å². The number of hydrogen-bond acceptors (Lipinski definition) is 2. The fourth-order valence-corrected chi connectivity index (χ4v) is 3.69. The molecule has 0 aromatic heterocycles. The topological polar surface area (TPSA) is 26.3 Å². The standard InChI is InChI=1S/C24H45IO2/c1-2-3-4-5-6-7-8-9-10-11-12-13-14-15-18-21-24(26)27-23-20-17-16-19-22-25/h9-10H,2-8,11-23H2,1H3/b10-9-. The van der Waals surface area contributed by atoms with Crippen molar-refractivity contribution in [1.29, 1.82) is 0 Å². The molecule has 0 amide bonds. The monoisotopic (exact) mass is 492 g/mol. The van der Waals surface area contributed by atoms with E-state index >= 15 is 0 Å².